The molecule has 21 heavy (non-hydrogen) atoms. The average molecular weight is 329 g/mol. The van der Waals surface area contributed by atoms with Crippen LogP contribution in [0.4, 0.5) is 0 Å². The van der Waals surface area contributed by atoms with Crippen molar-refractivity contribution in [3.05, 3.63) is 33.3 Å². The van der Waals surface area contributed by atoms with Crippen molar-refractivity contribution in [2.45, 2.75) is 38.3 Å². The third-order valence-electron chi connectivity index (χ3n) is 3.18. The molecule has 0 bridgehead atoms. The molecule has 0 spiro atoms. The van der Waals surface area contributed by atoms with E-state index in [1.165, 1.54) is 11.3 Å². The van der Waals surface area contributed by atoms with Crippen molar-refractivity contribution in [1.82, 2.24) is 15.2 Å². The monoisotopic (exact) mass is 329 g/mol. The number of nitrogens with one attached hydrogen (secondary N) is 2. The molecule has 2 heterocycles. The highest BCUT2D eigenvalue weighted by Crippen LogP contribution is 2.26. The number of sulfonamides is 1. The lowest BCUT2D eigenvalue weighted by atomic mass is 10.1. The van der Waals surface area contributed by atoms with Crippen LogP contribution in [0.25, 0.3) is 0 Å². The van der Waals surface area contributed by atoms with Gasteiger partial charge in [0.1, 0.15) is 5.76 Å². The molecule has 2 rings (SSSR count). The third-order valence-corrected chi connectivity index (χ3v) is 5.86. The fraction of sp³-hybridized carbons (Fsp3) is 0.462. The van der Waals surface area contributed by atoms with Gasteiger partial charge in [-0.2, -0.15) is 0 Å². The summed E-state index contributed by atoms with van der Waals surface area (Å²) in [7, 11) is -1.79. The van der Waals surface area contributed by atoms with Gasteiger partial charge in [0.2, 0.25) is 10.0 Å². The summed E-state index contributed by atoms with van der Waals surface area (Å²) in [6, 6.07) is 1.23. The molecule has 2 aromatic heterocycles. The Balaban J connectivity index is 2.27. The average Bonchev–Trinajstić information content (AvgIpc) is 2.97. The zero-order valence-corrected chi connectivity index (χ0v) is 14.1. The largest absolute Gasteiger partial charge is 0.361 e. The molecule has 0 radical (unpaired) electrons. The molecule has 0 aliphatic carbocycles. The van der Waals surface area contributed by atoms with Gasteiger partial charge in [-0.15, -0.1) is 11.3 Å². The lowest BCUT2D eigenvalue weighted by Gasteiger charge is -2.14. The highest BCUT2D eigenvalue weighted by atomic mass is 32.2. The van der Waals surface area contributed by atoms with Gasteiger partial charge in [-0.25, -0.2) is 13.1 Å². The molecule has 0 saturated carbocycles. The maximum absolute atomic E-state index is 12.5. The number of hydrogen-bond acceptors (Lipinski definition) is 6. The highest BCUT2D eigenvalue weighted by Gasteiger charge is 2.25. The van der Waals surface area contributed by atoms with Crippen LogP contribution in [0.2, 0.25) is 0 Å². The van der Waals surface area contributed by atoms with E-state index in [0.29, 0.717) is 22.9 Å². The van der Waals surface area contributed by atoms with Crippen molar-refractivity contribution in [2.75, 3.05) is 7.05 Å². The second kappa shape index (κ2) is 6.27. The minimum Gasteiger partial charge on any atom is -0.361 e. The lowest BCUT2D eigenvalue weighted by Crippen LogP contribution is -2.28. The topological polar surface area (TPSA) is 84.2 Å². The first-order valence-electron chi connectivity index (χ1n) is 6.53. The second-order valence-corrected chi connectivity index (χ2v) is 7.50. The summed E-state index contributed by atoms with van der Waals surface area (Å²) >= 11 is 1.42. The first kappa shape index (κ1) is 16.2. The Kier molecular flexibility index (Phi) is 4.82. The molecule has 0 saturated heterocycles. The van der Waals surface area contributed by atoms with Crippen molar-refractivity contribution in [1.29, 1.82) is 0 Å². The molecule has 116 valence electrons. The molecular formula is C13H19N3O3S2. The van der Waals surface area contributed by atoms with Crippen molar-refractivity contribution in [2.24, 2.45) is 0 Å². The molecule has 1 unspecified atom stereocenters. The summed E-state index contributed by atoms with van der Waals surface area (Å²) in [6.07, 6.45) is 0. The summed E-state index contributed by atoms with van der Waals surface area (Å²) in [5, 5.41) is 8.61. The Labute approximate surface area is 128 Å². The number of aryl methyl sites for hydroxylation is 2. The summed E-state index contributed by atoms with van der Waals surface area (Å²) in [5.74, 6) is 0.628. The van der Waals surface area contributed by atoms with E-state index in [1.807, 2.05) is 0 Å². The summed E-state index contributed by atoms with van der Waals surface area (Å²) in [4.78, 5) is 1.11. The number of hydrogen-bond donors (Lipinski definition) is 2. The molecule has 2 N–H and O–H groups in total. The normalized spacial score (nSPS) is 13.5. The standard InChI is InChI=1S/C13H19N3O3S2/c1-8-13(10(3)19-15-8)9(2)16-21(17,18)12-5-6-20-11(12)7-14-4/h5-6,9,14,16H,7H2,1-4H3. The molecule has 2 aromatic rings. The van der Waals surface area contributed by atoms with Gasteiger partial charge in [-0.3, -0.25) is 0 Å². The SMILES string of the molecule is CNCc1sccc1S(=O)(=O)NC(C)c1c(C)noc1C. The van der Waals surface area contributed by atoms with Crippen LogP contribution in [-0.4, -0.2) is 20.6 Å². The van der Waals surface area contributed by atoms with E-state index in [2.05, 4.69) is 15.2 Å². The molecule has 0 amide bonds. The molecule has 0 aliphatic heterocycles. The fourth-order valence-electron chi connectivity index (χ4n) is 2.32. The molecular weight excluding hydrogens is 310 g/mol. The van der Waals surface area contributed by atoms with Gasteiger partial charge in [0.15, 0.2) is 0 Å². The van der Waals surface area contributed by atoms with Crippen LogP contribution in [0.3, 0.4) is 0 Å². The van der Waals surface area contributed by atoms with Gasteiger partial charge in [-0.05, 0) is 39.3 Å². The minimum atomic E-state index is -3.58. The summed E-state index contributed by atoms with van der Waals surface area (Å²) in [5.41, 5.74) is 1.48. The van der Waals surface area contributed by atoms with Gasteiger partial charge in [-0.1, -0.05) is 5.16 Å². The molecule has 6 nitrogen and oxygen atoms in total. The van der Waals surface area contributed by atoms with E-state index >= 15 is 0 Å². The van der Waals surface area contributed by atoms with Gasteiger partial charge in [0, 0.05) is 23.0 Å². The maximum Gasteiger partial charge on any atom is 0.242 e. The quantitative estimate of drug-likeness (QED) is 0.848. The third kappa shape index (κ3) is 3.34. The lowest BCUT2D eigenvalue weighted by molar-refractivity contribution is 0.391. The number of rotatable bonds is 6. The zero-order valence-electron chi connectivity index (χ0n) is 12.4. The van der Waals surface area contributed by atoms with Crippen molar-refractivity contribution >= 4 is 21.4 Å². The zero-order chi connectivity index (χ0) is 15.6. The Morgan fingerprint density at radius 2 is 2.14 bits per heavy atom. The van der Waals surface area contributed by atoms with Crippen LogP contribution >= 0.6 is 11.3 Å². The maximum atomic E-state index is 12.5. The smallest absolute Gasteiger partial charge is 0.242 e. The number of thiophene rings is 1. The predicted octanol–water partition coefficient (Wildman–Crippen LogP) is 2.11. The van der Waals surface area contributed by atoms with Crippen molar-refractivity contribution in [3.8, 4) is 0 Å². The molecule has 0 aromatic carbocycles. The van der Waals surface area contributed by atoms with Gasteiger partial charge in [0.05, 0.1) is 10.6 Å². The Morgan fingerprint density at radius 1 is 1.43 bits per heavy atom. The van der Waals surface area contributed by atoms with Crippen LogP contribution in [0, 0.1) is 13.8 Å². The van der Waals surface area contributed by atoms with Crippen LogP contribution < -0.4 is 10.0 Å². The van der Waals surface area contributed by atoms with E-state index in [0.717, 1.165) is 10.4 Å². The van der Waals surface area contributed by atoms with Crippen LogP contribution in [0.15, 0.2) is 20.9 Å². The van der Waals surface area contributed by atoms with Crippen LogP contribution in [0.1, 0.15) is 34.9 Å². The number of nitrogens with zero attached hydrogens (tertiary/aromatic N) is 1. The second-order valence-electron chi connectivity index (χ2n) is 4.82. The van der Waals surface area contributed by atoms with E-state index in [-0.39, 0.29) is 0 Å². The molecule has 1 atom stereocenters. The summed E-state index contributed by atoms with van der Waals surface area (Å²) < 4.78 is 32.9. The predicted molar refractivity (Wildman–Crippen MR) is 81.8 cm³/mol. The fourth-order valence-corrected chi connectivity index (χ4v) is 4.99. The summed E-state index contributed by atoms with van der Waals surface area (Å²) in [6.45, 7) is 5.88. The minimum absolute atomic E-state index is 0.320. The van der Waals surface area contributed by atoms with Crippen molar-refractivity contribution < 1.29 is 12.9 Å². The Morgan fingerprint density at radius 3 is 2.71 bits per heavy atom. The van der Waals surface area contributed by atoms with Crippen LogP contribution in [0.5, 0.6) is 0 Å². The van der Waals surface area contributed by atoms with E-state index < -0.39 is 16.1 Å². The Hall–Kier alpha value is -1.22. The van der Waals surface area contributed by atoms with Crippen LogP contribution in [-0.2, 0) is 16.6 Å². The van der Waals surface area contributed by atoms with Gasteiger partial charge < -0.3 is 9.84 Å². The Bertz CT molecular complexity index is 699. The first-order chi connectivity index (χ1) is 9.86. The van der Waals surface area contributed by atoms with Gasteiger partial charge in [0.25, 0.3) is 0 Å². The van der Waals surface area contributed by atoms with Gasteiger partial charge >= 0.3 is 0 Å². The van der Waals surface area contributed by atoms with E-state index in [1.54, 1.807) is 39.3 Å². The molecule has 0 aliphatic rings. The van der Waals surface area contributed by atoms with E-state index in [4.69, 9.17) is 4.52 Å². The highest BCUT2D eigenvalue weighted by molar-refractivity contribution is 7.89. The molecule has 8 heteroatoms. The first-order valence-corrected chi connectivity index (χ1v) is 8.89. The van der Waals surface area contributed by atoms with Crippen molar-refractivity contribution in [3.63, 3.8) is 0 Å². The molecule has 0 fully saturated rings. The number of aromatic nitrogens is 1. The van der Waals surface area contributed by atoms with E-state index in [9.17, 15) is 8.42 Å².